The number of hydrogen-bond acceptors (Lipinski definition) is 8. The van der Waals surface area contributed by atoms with Gasteiger partial charge < -0.3 is 10.6 Å². The molecule has 0 unspecified atom stereocenters. The van der Waals surface area contributed by atoms with E-state index in [1.165, 1.54) is 11.3 Å². The van der Waals surface area contributed by atoms with Crippen molar-refractivity contribution in [2.45, 2.75) is 33.1 Å². The maximum Gasteiger partial charge on any atom is 0.433 e. The Balaban J connectivity index is 1.49. The van der Waals surface area contributed by atoms with Crippen LogP contribution in [0.3, 0.4) is 0 Å². The summed E-state index contributed by atoms with van der Waals surface area (Å²) in [5.41, 5.74) is 1.41. The monoisotopic (exact) mass is 460 g/mol. The number of halogens is 3. The Kier molecular flexibility index (Phi) is 6.04. The van der Waals surface area contributed by atoms with Crippen molar-refractivity contribution in [1.82, 2.24) is 29.9 Å². The van der Waals surface area contributed by atoms with Crippen LogP contribution in [-0.2, 0) is 19.3 Å². The van der Waals surface area contributed by atoms with Gasteiger partial charge in [-0.3, -0.25) is 4.68 Å². The molecule has 0 atom stereocenters. The summed E-state index contributed by atoms with van der Waals surface area (Å²) in [4.78, 5) is 12.8. The molecule has 4 rings (SSSR count). The van der Waals surface area contributed by atoms with E-state index >= 15 is 0 Å². The highest BCUT2D eigenvalue weighted by Crippen LogP contribution is 2.31. The molecular formula is C20H19F3N8S. The zero-order chi connectivity index (χ0) is 22.7. The highest BCUT2D eigenvalue weighted by Gasteiger charge is 2.32. The maximum absolute atomic E-state index is 12.9. The first kappa shape index (κ1) is 21.7. The average molecular weight is 460 g/mol. The number of nitrogens with one attached hydrogen (secondary N) is 2. The van der Waals surface area contributed by atoms with Crippen LogP contribution in [0.1, 0.15) is 23.2 Å². The Morgan fingerprint density at radius 1 is 1.16 bits per heavy atom. The van der Waals surface area contributed by atoms with Gasteiger partial charge in [0.25, 0.3) is 0 Å². The van der Waals surface area contributed by atoms with E-state index in [9.17, 15) is 13.2 Å². The molecule has 3 heterocycles. The summed E-state index contributed by atoms with van der Waals surface area (Å²) in [6.07, 6.45) is 0.137. The fourth-order valence-electron chi connectivity index (χ4n) is 2.93. The molecule has 0 radical (unpaired) electrons. The van der Waals surface area contributed by atoms with Crippen LogP contribution in [0.15, 0.2) is 42.9 Å². The first-order chi connectivity index (χ1) is 15.3. The number of alkyl halides is 3. The van der Waals surface area contributed by atoms with E-state index in [2.05, 4.69) is 35.9 Å². The first-order valence-electron chi connectivity index (χ1n) is 9.68. The predicted octanol–water partition coefficient (Wildman–Crippen LogP) is 4.89. The molecule has 166 valence electrons. The molecule has 1 aromatic carbocycles. The second-order valence-corrected chi connectivity index (χ2v) is 8.02. The van der Waals surface area contributed by atoms with Gasteiger partial charge in [0.2, 0.25) is 5.95 Å². The van der Waals surface area contributed by atoms with Gasteiger partial charge in [-0.25, -0.2) is 15.0 Å². The summed E-state index contributed by atoms with van der Waals surface area (Å²) in [7, 11) is 0. The van der Waals surface area contributed by atoms with Gasteiger partial charge in [-0.2, -0.15) is 13.2 Å². The molecule has 32 heavy (non-hydrogen) atoms. The van der Waals surface area contributed by atoms with Crippen LogP contribution in [0.2, 0.25) is 0 Å². The third kappa shape index (κ3) is 5.19. The SMILES string of the molecule is CCn1cc(NCc2ncc(-c3cc(C)cc(Nc4nccc(C(F)(F)F)n4)c3)s2)nn1. The van der Waals surface area contributed by atoms with Crippen molar-refractivity contribution in [3.63, 3.8) is 0 Å². The molecule has 0 aliphatic carbocycles. The summed E-state index contributed by atoms with van der Waals surface area (Å²) < 4.78 is 40.5. The van der Waals surface area contributed by atoms with Crippen LogP contribution in [-0.4, -0.2) is 29.9 Å². The third-order valence-corrected chi connectivity index (χ3v) is 5.45. The molecule has 0 aliphatic heterocycles. The van der Waals surface area contributed by atoms with E-state index in [1.807, 2.05) is 38.2 Å². The molecule has 0 amide bonds. The van der Waals surface area contributed by atoms with Crippen molar-refractivity contribution < 1.29 is 13.2 Å². The summed E-state index contributed by atoms with van der Waals surface area (Å²) in [6.45, 7) is 5.13. The summed E-state index contributed by atoms with van der Waals surface area (Å²) in [6, 6.07) is 6.46. The Hall–Kier alpha value is -3.54. The molecule has 0 saturated carbocycles. The van der Waals surface area contributed by atoms with Gasteiger partial charge in [0.1, 0.15) is 10.7 Å². The Morgan fingerprint density at radius 2 is 2.00 bits per heavy atom. The average Bonchev–Trinajstić information content (AvgIpc) is 3.41. The first-order valence-corrected chi connectivity index (χ1v) is 10.5. The van der Waals surface area contributed by atoms with Crippen molar-refractivity contribution in [3.05, 3.63) is 59.1 Å². The number of benzene rings is 1. The highest BCUT2D eigenvalue weighted by molar-refractivity contribution is 7.15. The fourth-order valence-corrected chi connectivity index (χ4v) is 3.77. The third-order valence-electron chi connectivity index (χ3n) is 4.40. The highest BCUT2D eigenvalue weighted by atomic mass is 32.1. The van der Waals surface area contributed by atoms with Gasteiger partial charge in [-0.1, -0.05) is 11.3 Å². The van der Waals surface area contributed by atoms with E-state index in [1.54, 1.807) is 10.9 Å². The van der Waals surface area contributed by atoms with Crippen LogP contribution in [0.4, 0.5) is 30.6 Å². The van der Waals surface area contributed by atoms with Crippen LogP contribution in [0.5, 0.6) is 0 Å². The van der Waals surface area contributed by atoms with Crippen LogP contribution >= 0.6 is 11.3 Å². The van der Waals surface area contributed by atoms with Gasteiger partial charge in [0, 0.05) is 24.6 Å². The number of rotatable bonds is 7. The van der Waals surface area contributed by atoms with E-state index in [4.69, 9.17) is 0 Å². The molecule has 0 aliphatic rings. The Labute approximate surface area is 185 Å². The quantitative estimate of drug-likeness (QED) is 0.405. The van der Waals surface area contributed by atoms with Gasteiger partial charge in [-0.15, -0.1) is 16.4 Å². The normalized spacial score (nSPS) is 11.5. The van der Waals surface area contributed by atoms with Crippen molar-refractivity contribution in [2.24, 2.45) is 0 Å². The van der Waals surface area contributed by atoms with E-state index in [-0.39, 0.29) is 5.95 Å². The minimum absolute atomic E-state index is 0.120. The zero-order valence-electron chi connectivity index (χ0n) is 17.2. The number of aromatic nitrogens is 6. The van der Waals surface area contributed by atoms with Crippen molar-refractivity contribution in [1.29, 1.82) is 0 Å². The Bertz CT molecular complexity index is 1220. The molecule has 0 spiro atoms. The minimum atomic E-state index is -4.53. The standard InChI is InChI=1S/C20H19F3N8S/c1-3-31-11-17(29-30-31)25-10-18-26-9-15(32-18)13-6-12(2)7-14(8-13)27-19-24-5-4-16(28-19)20(21,22)23/h4-9,11,25H,3,10H2,1-2H3,(H,24,27,28). The molecular weight excluding hydrogens is 441 g/mol. The second-order valence-electron chi connectivity index (χ2n) is 6.91. The summed E-state index contributed by atoms with van der Waals surface area (Å²) in [5, 5.41) is 14.9. The molecule has 0 fully saturated rings. The molecule has 8 nitrogen and oxygen atoms in total. The maximum atomic E-state index is 12.9. The molecule has 12 heteroatoms. The summed E-state index contributed by atoms with van der Waals surface area (Å²) in [5.74, 6) is 0.553. The number of anilines is 3. The van der Waals surface area contributed by atoms with Gasteiger partial charge in [0.05, 0.1) is 17.6 Å². The molecule has 2 N–H and O–H groups in total. The number of thiazole rings is 1. The van der Waals surface area contributed by atoms with Crippen LogP contribution in [0, 0.1) is 6.92 Å². The number of nitrogens with zero attached hydrogens (tertiary/aromatic N) is 6. The van der Waals surface area contributed by atoms with Gasteiger partial charge in [-0.05, 0) is 43.2 Å². The lowest BCUT2D eigenvalue weighted by Gasteiger charge is -2.10. The topological polar surface area (TPSA) is 93.4 Å². The zero-order valence-corrected chi connectivity index (χ0v) is 18.0. The van der Waals surface area contributed by atoms with E-state index < -0.39 is 11.9 Å². The van der Waals surface area contributed by atoms with Crippen LogP contribution in [0.25, 0.3) is 10.4 Å². The Morgan fingerprint density at radius 3 is 2.75 bits per heavy atom. The number of aryl methyl sites for hydroxylation is 2. The van der Waals surface area contributed by atoms with Crippen LogP contribution < -0.4 is 10.6 Å². The minimum Gasteiger partial charge on any atom is -0.361 e. The number of hydrogen-bond donors (Lipinski definition) is 2. The van der Waals surface area contributed by atoms with E-state index in [0.29, 0.717) is 18.1 Å². The van der Waals surface area contributed by atoms with E-state index in [0.717, 1.165) is 39.8 Å². The van der Waals surface area contributed by atoms with Crippen molar-refractivity contribution in [2.75, 3.05) is 10.6 Å². The lowest BCUT2D eigenvalue weighted by molar-refractivity contribution is -0.141. The molecule has 0 saturated heterocycles. The molecule has 4 aromatic rings. The van der Waals surface area contributed by atoms with Crippen molar-refractivity contribution >= 4 is 28.8 Å². The fraction of sp³-hybridized carbons (Fsp3) is 0.250. The molecule has 3 aromatic heterocycles. The second kappa shape index (κ2) is 8.91. The lowest BCUT2D eigenvalue weighted by atomic mass is 10.1. The lowest BCUT2D eigenvalue weighted by Crippen LogP contribution is -2.10. The smallest absolute Gasteiger partial charge is 0.361 e. The molecule has 0 bridgehead atoms. The largest absolute Gasteiger partial charge is 0.433 e. The van der Waals surface area contributed by atoms with Gasteiger partial charge >= 0.3 is 6.18 Å². The van der Waals surface area contributed by atoms with Gasteiger partial charge in [0.15, 0.2) is 5.82 Å². The van der Waals surface area contributed by atoms with Crippen molar-refractivity contribution in [3.8, 4) is 10.4 Å². The summed E-state index contributed by atoms with van der Waals surface area (Å²) >= 11 is 1.51. The predicted molar refractivity (Wildman–Crippen MR) is 116 cm³/mol.